The van der Waals surface area contributed by atoms with E-state index in [1.54, 1.807) is 12.1 Å². The molecule has 1 amide bonds. The van der Waals surface area contributed by atoms with Crippen LogP contribution in [0.5, 0.6) is 5.75 Å². The molecule has 158 valence electrons. The van der Waals surface area contributed by atoms with Crippen molar-refractivity contribution in [3.63, 3.8) is 0 Å². The Hall–Kier alpha value is -1.60. The van der Waals surface area contributed by atoms with E-state index in [9.17, 15) is 13.2 Å². The van der Waals surface area contributed by atoms with E-state index < -0.39 is 10.0 Å². The van der Waals surface area contributed by atoms with E-state index in [2.05, 4.69) is 5.32 Å². The van der Waals surface area contributed by atoms with Crippen LogP contribution in [-0.2, 0) is 14.8 Å². The van der Waals surface area contributed by atoms with Gasteiger partial charge in [-0.1, -0.05) is 46.1 Å². The quantitative estimate of drug-likeness (QED) is 0.747. The number of carbonyl (C=O) groups excluding carboxylic acids is 1. The third kappa shape index (κ3) is 5.95. The van der Waals surface area contributed by atoms with E-state index in [4.69, 9.17) is 4.74 Å². The monoisotopic (exact) mass is 410 g/mol. The van der Waals surface area contributed by atoms with E-state index in [0.717, 1.165) is 37.7 Å². The van der Waals surface area contributed by atoms with Gasteiger partial charge < -0.3 is 10.1 Å². The van der Waals surface area contributed by atoms with Crippen molar-refractivity contribution in [3.8, 4) is 5.75 Å². The molecular formula is C21H34N2O4S. The molecule has 1 saturated carbocycles. The molecule has 0 unspecified atom stereocenters. The fourth-order valence-corrected chi connectivity index (χ4v) is 5.34. The predicted molar refractivity (Wildman–Crippen MR) is 111 cm³/mol. The Morgan fingerprint density at radius 1 is 1.21 bits per heavy atom. The van der Waals surface area contributed by atoms with Gasteiger partial charge in [0.1, 0.15) is 10.6 Å². The highest BCUT2D eigenvalue weighted by atomic mass is 32.2. The van der Waals surface area contributed by atoms with Crippen molar-refractivity contribution in [3.05, 3.63) is 23.8 Å². The average Bonchev–Trinajstić information content (AvgIpc) is 2.64. The minimum absolute atomic E-state index is 0.0655. The van der Waals surface area contributed by atoms with Crippen molar-refractivity contribution in [2.45, 2.75) is 70.7 Å². The largest absolute Gasteiger partial charge is 0.495 e. The molecule has 1 aromatic rings. The van der Waals surface area contributed by atoms with Gasteiger partial charge in [0.2, 0.25) is 15.9 Å². The van der Waals surface area contributed by atoms with Crippen LogP contribution in [-0.4, -0.2) is 44.9 Å². The Balaban J connectivity index is 2.35. The Kier molecular flexibility index (Phi) is 7.51. The molecule has 1 aromatic carbocycles. The molecule has 0 atom stereocenters. The second-order valence-corrected chi connectivity index (χ2v) is 10.7. The summed E-state index contributed by atoms with van der Waals surface area (Å²) in [5.41, 5.74) is 0.768. The lowest BCUT2D eigenvalue weighted by atomic mass is 9.95. The molecule has 0 saturated heterocycles. The van der Waals surface area contributed by atoms with E-state index >= 15 is 0 Å². The number of nitrogens with zero attached hydrogens (tertiary/aromatic N) is 1. The summed E-state index contributed by atoms with van der Waals surface area (Å²) in [6.07, 6.45) is 4.62. The number of hydrogen-bond acceptors (Lipinski definition) is 4. The molecule has 1 aliphatic carbocycles. The van der Waals surface area contributed by atoms with Crippen LogP contribution in [0.15, 0.2) is 23.1 Å². The Bertz CT molecular complexity index is 778. The first-order valence-corrected chi connectivity index (χ1v) is 11.4. The van der Waals surface area contributed by atoms with Gasteiger partial charge in [-0.3, -0.25) is 4.79 Å². The first-order valence-electron chi connectivity index (χ1n) is 9.98. The highest BCUT2D eigenvalue weighted by Gasteiger charge is 2.35. The molecule has 0 radical (unpaired) electrons. The molecule has 7 heteroatoms. The Labute approximate surface area is 169 Å². The van der Waals surface area contributed by atoms with Crippen LogP contribution in [0.25, 0.3) is 0 Å². The van der Waals surface area contributed by atoms with Gasteiger partial charge in [-0.15, -0.1) is 0 Å². The summed E-state index contributed by atoms with van der Waals surface area (Å²) in [4.78, 5) is 12.7. The van der Waals surface area contributed by atoms with Crippen molar-refractivity contribution >= 4 is 15.9 Å². The summed E-state index contributed by atoms with van der Waals surface area (Å²) in [5.74, 6) is 0.0391. The number of nitrogens with one attached hydrogen (secondary N) is 1. The molecule has 0 bridgehead atoms. The smallest absolute Gasteiger partial charge is 0.247 e. The lowest BCUT2D eigenvalue weighted by molar-refractivity contribution is -0.122. The van der Waals surface area contributed by atoms with Gasteiger partial charge in [0.25, 0.3) is 0 Å². The number of sulfonamides is 1. The standard InChI is InChI=1S/C21H34N2O4S/c1-16-11-12-18(27-5)19(13-16)28(25,26)23(17-9-7-6-8-10-17)14-20(24)22-15-21(2,3)4/h11-13,17H,6-10,14-15H2,1-5H3,(H,22,24). The molecule has 2 rings (SSSR count). The fourth-order valence-electron chi connectivity index (χ4n) is 3.45. The summed E-state index contributed by atoms with van der Waals surface area (Å²) in [6, 6.07) is 4.95. The van der Waals surface area contributed by atoms with Crippen LogP contribution < -0.4 is 10.1 Å². The number of methoxy groups -OCH3 is 1. The van der Waals surface area contributed by atoms with Gasteiger partial charge in [0.05, 0.1) is 13.7 Å². The molecule has 1 N–H and O–H groups in total. The third-order valence-electron chi connectivity index (χ3n) is 5.00. The number of carbonyl (C=O) groups is 1. The van der Waals surface area contributed by atoms with Crippen LogP contribution in [0, 0.1) is 12.3 Å². The topological polar surface area (TPSA) is 75.7 Å². The van der Waals surface area contributed by atoms with E-state index in [-0.39, 0.29) is 28.8 Å². The zero-order valence-electron chi connectivity index (χ0n) is 17.7. The van der Waals surface area contributed by atoms with Crippen molar-refractivity contribution in [2.75, 3.05) is 20.2 Å². The summed E-state index contributed by atoms with van der Waals surface area (Å²) in [7, 11) is -2.40. The zero-order valence-corrected chi connectivity index (χ0v) is 18.6. The van der Waals surface area contributed by atoms with Crippen LogP contribution in [0.2, 0.25) is 0 Å². The highest BCUT2D eigenvalue weighted by Crippen LogP contribution is 2.32. The van der Waals surface area contributed by atoms with Crippen LogP contribution in [0.3, 0.4) is 0 Å². The maximum atomic E-state index is 13.6. The SMILES string of the molecule is COc1ccc(C)cc1S(=O)(=O)N(CC(=O)NCC(C)(C)C)C1CCCCC1. The fraction of sp³-hybridized carbons (Fsp3) is 0.667. The predicted octanol–water partition coefficient (Wildman–Crippen LogP) is 3.49. The number of hydrogen-bond donors (Lipinski definition) is 1. The van der Waals surface area contributed by atoms with Crippen LogP contribution >= 0.6 is 0 Å². The van der Waals surface area contributed by atoms with Gasteiger partial charge in [0.15, 0.2) is 0 Å². The van der Waals surface area contributed by atoms with E-state index in [1.807, 2.05) is 33.8 Å². The van der Waals surface area contributed by atoms with Gasteiger partial charge in [-0.2, -0.15) is 4.31 Å². The lowest BCUT2D eigenvalue weighted by Crippen LogP contribution is -2.48. The maximum absolute atomic E-state index is 13.6. The molecule has 1 aliphatic rings. The number of aryl methyl sites for hydroxylation is 1. The first-order chi connectivity index (χ1) is 13.0. The minimum atomic E-state index is -3.87. The van der Waals surface area contributed by atoms with Crippen molar-refractivity contribution in [1.82, 2.24) is 9.62 Å². The molecule has 0 aliphatic heterocycles. The first kappa shape index (κ1) is 22.7. The Morgan fingerprint density at radius 3 is 2.43 bits per heavy atom. The minimum Gasteiger partial charge on any atom is -0.495 e. The van der Waals surface area contributed by atoms with Gasteiger partial charge in [-0.25, -0.2) is 8.42 Å². The summed E-state index contributed by atoms with van der Waals surface area (Å²) in [6.45, 7) is 8.26. The average molecular weight is 411 g/mol. The third-order valence-corrected chi connectivity index (χ3v) is 6.92. The lowest BCUT2D eigenvalue weighted by Gasteiger charge is -2.33. The van der Waals surface area contributed by atoms with E-state index in [0.29, 0.717) is 12.3 Å². The highest BCUT2D eigenvalue weighted by molar-refractivity contribution is 7.89. The molecule has 0 heterocycles. The normalized spacial score (nSPS) is 16.2. The molecule has 28 heavy (non-hydrogen) atoms. The number of benzene rings is 1. The maximum Gasteiger partial charge on any atom is 0.247 e. The second-order valence-electron chi connectivity index (χ2n) is 8.83. The van der Waals surface area contributed by atoms with Crippen LogP contribution in [0.4, 0.5) is 0 Å². The zero-order chi connectivity index (χ0) is 20.9. The molecular weight excluding hydrogens is 376 g/mol. The van der Waals surface area contributed by atoms with Gasteiger partial charge in [0, 0.05) is 12.6 Å². The van der Waals surface area contributed by atoms with Crippen molar-refractivity contribution < 1.29 is 17.9 Å². The van der Waals surface area contributed by atoms with Gasteiger partial charge >= 0.3 is 0 Å². The number of ether oxygens (including phenoxy) is 1. The van der Waals surface area contributed by atoms with E-state index in [1.165, 1.54) is 11.4 Å². The summed E-state index contributed by atoms with van der Waals surface area (Å²) < 4.78 is 33.8. The molecule has 6 nitrogen and oxygen atoms in total. The summed E-state index contributed by atoms with van der Waals surface area (Å²) in [5, 5.41) is 2.88. The second kappa shape index (κ2) is 9.27. The van der Waals surface area contributed by atoms with Crippen molar-refractivity contribution in [1.29, 1.82) is 0 Å². The summed E-state index contributed by atoms with van der Waals surface area (Å²) >= 11 is 0. The molecule has 0 spiro atoms. The Morgan fingerprint density at radius 2 is 1.86 bits per heavy atom. The number of rotatable bonds is 7. The number of amides is 1. The van der Waals surface area contributed by atoms with Crippen LogP contribution in [0.1, 0.15) is 58.4 Å². The van der Waals surface area contributed by atoms with Crippen molar-refractivity contribution in [2.24, 2.45) is 5.41 Å². The molecule has 0 aromatic heterocycles. The van der Waals surface area contributed by atoms with Gasteiger partial charge in [-0.05, 0) is 42.9 Å². The molecule has 1 fully saturated rings.